The van der Waals surface area contributed by atoms with Crippen LogP contribution < -0.4 is 49.5 Å². The van der Waals surface area contributed by atoms with E-state index in [9.17, 15) is 24.5 Å². The minimum Gasteiger partial charge on any atom is -0.550 e. The number of nitrogens with zero attached hydrogens (tertiary/aromatic N) is 2. The quantitative estimate of drug-likeness (QED) is 0.301. The van der Waals surface area contributed by atoms with Gasteiger partial charge in [0.25, 0.3) is 0 Å². The zero-order valence-corrected chi connectivity index (χ0v) is 20.7. The van der Waals surface area contributed by atoms with Crippen LogP contribution in [0.2, 0.25) is 5.02 Å². The van der Waals surface area contributed by atoms with Crippen molar-refractivity contribution in [2.75, 3.05) is 19.0 Å². The fraction of sp³-hybridized carbons (Fsp3) is 0.286. The van der Waals surface area contributed by atoms with Crippen LogP contribution >= 0.6 is 11.6 Å². The summed E-state index contributed by atoms with van der Waals surface area (Å²) in [6.45, 7) is -0.226. The maximum absolute atomic E-state index is 13.4. The number of halogens is 2. The second-order valence-electron chi connectivity index (χ2n) is 6.93. The summed E-state index contributed by atoms with van der Waals surface area (Å²) in [5, 5.41) is 33.8. The minimum absolute atomic E-state index is 0. The summed E-state index contributed by atoms with van der Waals surface area (Å²) in [7, 11) is 1.44. The summed E-state index contributed by atoms with van der Waals surface area (Å²) < 4.78 is 24.4. The molecule has 0 spiro atoms. The molecule has 3 N–H and O–H groups in total. The van der Waals surface area contributed by atoms with E-state index in [0.29, 0.717) is 28.2 Å². The molecule has 33 heavy (non-hydrogen) atoms. The fourth-order valence-corrected chi connectivity index (χ4v) is 3.17. The Bertz CT molecular complexity index is 1120. The molecule has 0 saturated heterocycles. The molecule has 0 fully saturated rings. The molecule has 0 radical (unpaired) electrons. The van der Waals surface area contributed by atoms with E-state index in [1.165, 1.54) is 31.6 Å². The van der Waals surface area contributed by atoms with E-state index in [4.69, 9.17) is 21.1 Å². The average Bonchev–Trinajstić information content (AvgIpc) is 2.73. The summed E-state index contributed by atoms with van der Waals surface area (Å²) in [6.07, 6.45) is -1.83. The molecule has 3 aromatic rings. The van der Waals surface area contributed by atoms with Gasteiger partial charge >= 0.3 is 29.6 Å². The number of anilines is 2. The molecule has 0 saturated carbocycles. The van der Waals surface area contributed by atoms with Gasteiger partial charge in [-0.25, -0.2) is 14.4 Å². The molecule has 1 heterocycles. The Morgan fingerprint density at radius 2 is 1.97 bits per heavy atom. The second-order valence-corrected chi connectivity index (χ2v) is 7.33. The van der Waals surface area contributed by atoms with Crippen molar-refractivity contribution in [2.45, 2.75) is 25.0 Å². The summed E-state index contributed by atoms with van der Waals surface area (Å²) in [6, 6.07) is 7.37. The van der Waals surface area contributed by atoms with E-state index in [-0.39, 0.29) is 53.4 Å². The monoisotopic (exact) mass is 487 g/mol. The van der Waals surface area contributed by atoms with Crippen molar-refractivity contribution in [3.05, 3.63) is 47.5 Å². The molecule has 0 aliphatic rings. The molecule has 12 heteroatoms. The SMILES string of the molecule is COc1cc2ncnc(Nc3ccc(F)c(Cl)c3)c2cc1OC[C@@H](O)C[C@@H](O)CC(=O)[O-].[Na+]. The number of benzene rings is 2. The molecule has 0 unspecified atom stereocenters. The first kappa shape index (κ1) is 27.0. The first-order valence-electron chi connectivity index (χ1n) is 9.50. The Labute approximate surface area is 215 Å². The van der Waals surface area contributed by atoms with Gasteiger partial charge in [-0.2, -0.15) is 0 Å². The maximum Gasteiger partial charge on any atom is 1.00 e. The molecule has 0 amide bonds. The van der Waals surface area contributed by atoms with Crippen molar-refractivity contribution in [3.8, 4) is 11.5 Å². The number of carbonyl (C=O) groups is 1. The molecule has 0 bridgehead atoms. The average molecular weight is 488 g/mol. The number of aliphatic hydroxyl groups is 2. The number of nitrogens with one attached hydrogen (secondary N) is 1. The number of hydrogen-bond acceptors (Lipinski definition) is 9. The number of carboxylic acids is 1. The second kappa shape index (κ2) is 12.3. The van der Waals surface area contributed by atoms with Crippen LogP contribution in [-0.2, 0) is 4.79 Å². The largest absolute Gasteiger partial charge is 1.00 e. The van der Waals surface area contributed by atoms with Crippen molar-refractivity contribution >= 4 is 40.0 Å². The molecule has 2 aromatic carbocycles. The zero-order chi connectivity index (χ0) is 23.3. The number of rotatable bonds is 10. The van der Waals surface area contributed by atoms with E-state index >= 15 is 0 Å². The smallest absolute Gasteiger partial charge is 0.550 e. The number of aliphatic carboxylic acids is 1. The first-order chi connectivity index (χ1) is 15.3. The van der Waals surface area contributed by atoms with Crippen molar-refractivity contribution in [1.82, 2.24) is 9.97 Å². The normalized spacial score (nSPS) is 12.5. The third-order valence-corrected chi connectivity index (χ3v) is 4.77. The third kappa shape index (κ3) is 7.39. The van der Waals surface area contributed by atoms with Gasteiger partial charge in [-0.15, -0.1) is 0 Å². The maximum atomic E-state index is 13.4. The predicted molar refractivity (Wildman–Crippen MR) is 113 cm³/mol. The molecule has 3 rings (SSSR count). The number of methoxy groups -OCH3 is 1. The van der Waals surface area contributed by atoms with Crippen molar-refractivity contribution in [3.63, 3.8) is 0 Å². The van der Waals surface area contributed by atoms with Crippen LogP contribution in [0.5, 0.6) is 11.5 Å². The van der Waals surface area contributed by atoms with Crippen LogP contribution in [0.25, 0.3) is 10.9 Å². The van der Waals surface area contributed by atoms with Crippen LogP contribution in [0.3, 0.4) is 0 Å². The van der Waals surface area contributed by atoms with E-state index in [1.54, 1.807) is 12.1 Å². The Hall–Kier alpha value is -2.21. The minimum atomic E-state index is -1.41. The summed E-state index contributed by atoms with van der Waals surface area (Å²) in [5.74, 6) is -0.953. The Balaban J connectivity index is 0.00000385. The summed E-state index contributed by atoms with van der Waals surface area (Å²) >= 11 is 5.84. The van der Waals surface area contributed by atoms with Gasteiger partial charge in [0.15, 0.2) is 11.5 Å². The van der Waals surface area contributed by atoms with Crippen molar-refractivity contribution in [1.29, 1.82) is 0 Å². The summed E-state index contributed by atoms with van der Waals surface area (Å²) in [4.78, 5) is 19.0. The number of ether oxygens (including phenoxy) is 2. The molecular weight excluding hydrogens is 468 g/mol. The van der Waals surface area contributed by atoms with Gasteiger partial charge < -0.3 is 34.9 Å². The van der Waals surface area contributed by atoms with Crippen LogP contribution in [-0.4, -0.2) is 52.1 Å². The van der Waals surface area contributed by atoms with E-state index in [2.05, 4.69) is 15.3 Å². The van der Waals surface area contributed by atoms with Crippen LogP contribution in [0.4, 0.5) is 15.9 Å². The number of carboxylic acid groups (broad SMARTS) is 1. The van der Waals surface area contributed by atoms with Gasteiger partial charge in [-0.3, -0.25) is 0 Å². The molecule has 9 nitrogen and oxygen atoms in total. The third-order valence-electron chi connectivity index (χ3n) is 4.48. The number of carbonyl (C=O) groups excluding carboxylic acids is 1. The van der Waals surface area contributed by atoms with Gasteiger partial charge in [-0.05, 0) is 24.3 Å². The standard InChI is InChI=1S/C21H21ClFN3O6.Na/c1-31-18-8-17-14(7-19(18)32-9-13(28)5-12(27)6-20(29)30)21(25-10-24-17)26-11-2-3-16(23)15(22)4-11;/h2-4,7-8,10,12-13,27-28H,5-6,9H2,1H3,(H,29,30)(H,24,25,26);/q;+1/p-1/t12-,13+;/m1./s1. The van der Waals surface area contributed by atoms with Gasteiger partial charge in [0.2, 0.25) is 0 Å². The fourth-order valence-electron chi connectivity index (χ4n) is 2.99. The van der Waals surface area contributed by atoms with Crippen molar-refractivity contribution in [2.24, 2.45) is 0 Å². The Morgan fingerprint density at radius 1 is 1.21 bits per heavy atom. The number of aliphatic hydroxyl groups excluding tert-OH is 2. The van der Waals surface area contributed by atoms with Gasteiger partial charge in [-0.1, -0.05) is 11.6 Å². The van der Waals surface area contributed by atoms with E-state index in [0.717, 1.165) is 0 Å². The molecular formula is C21H20ClFN3NaO6. The number of fused-ring (bicyclic) bond motifs is 1. The molecule has 1 aromatic heterocycles. The van der Waals surface area contributed by atoms with Gasteiger partial charge in [0, 0.05) is 36.0 Å². The molecule has 2 atom stereocenters. The van der Waals surface area contributed by atoms with Crippen LogP contribution in [0.15, 0.2) is 36.7 Å². The van der Waals surface area contributed by atoms with Crippen molar-refractivity contribution < 1.29 is 63.5 Å². The number of aromatic nitrogens is 2. The predicted octanol–water partition coefficient (Wildman–Crippen LogP) is -1.19. The summed E-state index contributed by atoms with van der Waals surface area (Å²) in [5.41, 5.74) is 1.04. The topological polar surface area (TPSA) is 137 Å². The van der Waals surface area contributed by atoms with Crippen LogP contribution in [0, 0.1) is 5.82 Å². The van der Waals surface area contributed by atoms with Gasteiger partial charge in [0.05, 0.1) is 29.9 Å². The Morgan fingerprint density at radius 3 is 2.64 bits per heavy atom. The van der Waals surface area contributed by atoms with E-state index < -0.39 is 30.4 Å². The Kier molecular flexibility index (Phi) is 10.1. The molecule has 170 valence electrons. The van der Waals surface area contributed by atoms with Gasteiger partial charge in [0.1, 0.15) is 24.6 Å². The van der Waals surface area contributed by atoms with Crippen LogP contribution in [0.1, 0.15) is 12.8 Å². The zero-order valence-electron chi connectivity index (χ0n) is 17.9. The molecule has 0 aliphatic heterocycles. The van der Waals surface area contributed by atoms with E-state index in [1.807, 2.05) is 0 Å². The first-order valence-corrected chi connectivity index (χ1v) is 9.88. The molecule has 0 aliphatic carbocycles. The number of hydrogen-bond donors (Lipinski definition) is 3.